The molecule has 0 aliphatic heterocycles. The highest BCUT2D eigenvalue weighted by atomic mass is 32.2. The van der Waals surface area contributed by atoms with E-state index in [-0.39, 0.29) is 10.0 Å². The number of rotatable bonds is 5. The molecule has 0 fully saturated rings. The SMILES string of the molecule is CCc1nnc(NC(=O)C(C)S(=O)(=O)c2ccc(F)cc2)s1. The molecule has 1 unspecified atom stereocenters. The first-order chi connectivity index (χ1) is 10.3. The fraction of sp³-hybridized carbons (Fsp3) is 0.308. The molecule has 6 nitrogen and oxygen atoms in total. The number of halogens is 1. The fourth-order valence-electron chi connectivity index (χ4n) is 1.62. The zero-order chi connectivity index (χ0) is 16.3. The van der Waals surface area contributed by atoms with Gasteiger partial charge in [-0.3, -0.25) is 10.1 Å². The number of hydrogen-bond donors (Lipinski definition) is 1. The van der Waals surface area contributed by atoms with Crippen molar-refractivity contribution >= 4 is 32.2 Å². The van der Waals surface area contributed by atoms with Crippen molar-refractivity contribution in [3.63, 3.8) is 0 Å². The lowest BCUT2D eigenvalue weighted by molar-refractivity contribution is -0.115. The molecule has 0 saturated heterocycles. The average Bonchev–Trinajstić information content (AvgIpc) is 2.94. The summed E-state index contributed by atoms with van der Waals surface area (Å²) in [6.45, 7) is 3.17. The first-order valence-corrected chi connectivity index (χ1v) is 8.83. The van der Waals surface area contributed by atoms with E-state index < -0.39 is 26.8 Å². The third-order valence-corrected chi connectivity index (χ3v) is 6.03. The Labute approximate surface area is 131 Å². The van der Waals surface area contributed by atoms with Gasteiger partial charge in [-0.25, -0.2) is 12.8 Å². The average molecular weight is 343 g/mol. The van der Waals surface area contributed by atoms with Gasteiger partial charge in [0.15, 0.2) is 9.84 Å². The molecule has 0 aliphatic carbocycles. The van der Waals surface area contributed by atoms with Crippen LogP contribution >= 0.6 is 11.3 Å². The number of anilines is 1. The number of nitrogens with zero attached hydrogens (tertiary/aromatic N) is 2. The van der Waals surface area contributed by atoms with E-state index in [1.807, 2.05) is 6.92 Å². The van der Waals surface area contributed by atoms with E-state index in [1.165, 1.54) is 18.3 Å². The molecule has 9 heteroatoms. The lowest BCUT2D eigenvalue weighted by Crippen LogP contribution is -2.32. The van der Waals surface area contributed by atoms with Gasteiger partial charge in [0, 0.05) is 0 Å². The molecule has 118 valence electrons. The van der Waals surface area contributed by atoms with Crippen molar-refractivity contribution in [2.75, 3.05) is 5.32 Å². The summed E-state index contributed by atoms with van der Waals surface area (Å²) < 4.78 is 37.5. The Kier molecular flexibility index (Phi) is 4.87. The van der Waals surface area contributed by atoms with Gasteiger partial charge < -0.3 is 0 Å². The van der Waals surface area contributed by atoms with E-state index in [2.05, 4.69) is 15.5 Å². The second-order valence-electron chi connectivity index (χ2n) is 4.48. The van der Waals surface area contributed by atoms with E-state index in [1.54, 1.807) is 0 Å². The molecular formula is C13H14FN3O3S2. The summed E-state index contributed by atoms with van der Waals surface area (Å²) in [7, 11) is -3.90. The fourth-order valence-corrected chi connectivity index (χ4v) is 3.57. The summed E-state index contributed by atoms with van der Waals surface area (Å²) >= 11 is 1.19. The summed E-state index contributed by atoms with van der Waals surface area (Å²) in [5.74, 6) is -1.25. The Bertz CT molecular complexity index is 772. The van der Waals surface area contributed by atoms with E-state index in [0.717, 1.165) is 29.3 Å². The van der Waals surface area contributed by atoms with Crippen molar-refractivity contribution in [2.45, 2.75) is 30.4 Å². The second-order valence-corrected chi connectivity index (χ2v) is 7.82. The molecule has 0 saturated carbocycles. The third kappa shape index (κ3) is 3.47. The molecule has 0 bridgehead atoms. The molecule has 2 rings (SSSR count). The summed E-state index contributed by atoms with van der Waals surface area (Å²) in [5.41, 5.74) is 0. The van der Waals surface area contributed by atoms with Crippen LogP contribution in [0, 0.1) is 5.82 Å². The molecule has 1 heterocycles. The van der Waals surface area contributed by atoms with Crippen molar-refractivity contribution in [3.8, 4) is 0 Å². The summed E-state index contributed by atoms with van der Waals surface area (Å²) in [6.07, 6.45) is 0.678. The largest absolute Gasteiger partial charge is 0.299 e. The summed E-state index contributed by atoms with van der Waals surface area (Å²) in [4.78, 5) is 12.0. The van der Waals surface area contributed by atoms with Gasteiger partial charge in [-0.1, -0.05) is 18.3 Å². The number of aryl methyl sites for hydroxylation is 1. The van der Waals surface area contributed by atoms with E-state index in [9.17, 15) is 17.6 Å². The van der Waals surface area contributed by atoms with Crippen LogP contribution in [0.4, 0.5) is 9.52 Å². The predicted molar refractivity (Wildman–Crippen MR) is 81.0 cm³/mol. The van der Waals surface area contributed by atoms with Crippen LogP contribution in [0.2, 0.25) is 0 Å². The van der Waals surface area contributed by atoms with Crippen molar-refractivity contribution in [1.29, 1.82) is 0 Å². The van der Waals surface area contributed by atoms with Crippen LogP contribution in [0.25, 0.3) is 0 Å². The normalized spacial score (nSPS) is 12.9. The molecule has 22 heavy (non-hydrogen) atoms. The first kappa shape index (κ1) is 16.5. The minimum Gasteiger partial charge on any atom is -0.299 e. The zero-order valence-electron chi connectivity index (χ0n) is 11.9. The number of aromatic nitrogens is 2. The number of hydrogen-bond acceptors (Lipinski definition) is 6. The molecule has 1 aromatic carbocycles. The summed E-state index contributed by atoms with van der Waals surface area (Å²) in [5, 5.41) is 9.71. The van der Waals surface area contributed by atoms with Gasteiger partial charge in [0.2, 0.25) is 11.0 Å². The predicted octanol–water partition coefficient (Wildman–Crippen LogP) is 2.04. The zero-order valence-corrected chi connectivity index (χ0v) is 13.5. The molecule has 1 amide bonds. The smallest absolute Gasteiger partial charge is 0.244 e. The van der Waals surface area contributed by atoms with Crippen LogP contribution in [0.3, 0.4) is 0 Å². The minimum atomic E-state index is -3.90. The lowest BCUT2D eigenvalue weighted by atomic mass is 10.3. The van der Waals surface area contributed by atoms with Crippen LogP contribution < -0.4 is 5.32 Å². The number of sulfone groups is 1. The molecule has 1 N–H and O–H groups in total. The number of carbonyl (C=O) groups is 1. The van der Waals surface area contributed by atoms with Crippen LogP contribution in [-0.2, 0) is 21.1 Å². The number of nitrogens with one attached hydrogen (secondary N) is 1. The summed E-state index contributed by atoms with van der Waals surface area (Å²) in [6, 6.07) is 4.34. The Morgan fingerprint density at radius 1 is 1.32 bits per heavy atom. The highest BCUT2D eigenvalue weighted by molar-refractivity contribution is 7.92. The van der Waals surface area contributed by atoms with Crippen molar-refractivity contribution in [1.82, 2.24) is 10.2 Å². The quantitative estimate of drug-likeness (QED) is 0.839. The maximum absolute atomic E-state index is 12.9. The van der Waals surface area contributed by atoms with Gasteiger partial charge >= 0.3 is 0 Å². The maximum atomic E-state index is 12.9. The third-order valence-electron chi connectivity index (χ3n) is 2.98. The van der Waals surface area contributed by atoms with Gasteiger partial charge in [0.05, 0.1) is 4.90 Å². The number of benzene rings is 1. The monoisotopic (exact) mass is 343 g/mol. The number of carbonyl (C=O) groups excluding carboxylic acids is 1. The molecule has 1 atom stereocenters. The minimum absolute atomic E-state index is 0.108. The molecular weight excluding hydrogens is 329 g/mol. The van der Waals surface area contributed by atoms with Crippen LogP contribution in [0.15, 0.2) is 29.2 Å². The van der Waals surface area contributed by atoms with Crippen molar-refractivity contribution in [2.24, 2.45) is 0 Å². The van der Waals surface area contributed by atoms with Crippen LogP contribution in [0.1, 0.15) is 18.9 Å². The Balaban J connectivity index is 2.16. The lowest BCUT2D eigenvalue weighted by Gasteiger charge is -2.12. The van der Waals surface area contributed by atoms with Crippen molar-refractivity contribution < 1.29 is 17.6 Å². The van der Waals surface area contributed by atoms with Crippen molar-refractivity contribution in [3.05, 3.63) is 35.1 Å². The molecule has 0 spiro atoms. The van der Waals surface area contributed by atoms with Gasteiger partial charge in [-0.05, 0) is 37.6 Å². The van der Waals surface area contributed by atoms with E-state index in [4.69, 9.17) is 0 Å². The van der Waals surface area contributed by atoms with Gasteiger partial charge in [0.1, 0.15) is 16.1 Å². The maximum Gasteiger partial charge on any atom is 0.244 e. The Hall–Kier alpha value is -1.87. The van der Waals surface area contributed by atoms with Gasteiger partial charge in [-0.15, -0.1) is 10.2 Å². The highest BCUT2D eigenvalue weighted by Gasteiger charge is 2.30. The first-order valence-electron chi connectivity index (χ1n) is 6.47. The Morgan fingerprint density at radius 2 is 1.95 bits per heavy atom. The van der Waals surface area contributed by atoms with Gasteiger partial charge in [-0.2, -0.15) is 0 Å². The topological polar surface area (TPSA) is 89.0 Å². The number of amides is 1. The van der Waals surface area contributed by atoms with Gasteiger partial charge in [0.25, 0.3) is 0 Å². The molecule has 0 radical (unpaired) electrons. The molecule has 1 aromatic heterocycles. The Morgan fingerprint density at radius 3 is 2.50 bits per heavy atom. The molecule has 0 aliphatic rings. The van der Waals surface area contributed by atoms with E-state index >= 15 is 0 Å². The van der Waals surface area contributed by atoms with Crippen LogP contribution in [-0.4, -0.2) is 29.8 Å². The molecule has 2 aromatic rings. The second kappa shape index (κ2) is 6.49. The van der Waals surface area contributed by atoms with E-state index in [0.29, 0.717) is 6.42 Å². The van der Waals surface area contributed by atoms with Crippen LogP contribution in [0.5, 0.6) is 0 Å². The highest BCUT2D eigenvalue weighted by Crippen LogP contribution is 2.20. The standard InChI is InChI=1S/C13H14FN3O3S2/c1-3-11-16-17-13(21-11)15-12(18)8(2)22(19,20)10-6-4-9(14)5-7-10/h4-8H,3H2,1-2H3,(H,15,17,18).